The van der Waals surface area contributed by atoms with Gasteiger partial charge in [-0.25, -0.2) is 9.78 Å². The molecule has 0 saturated carbocycles. The quantitative estimate of drug-likeness (QED) is 0.398. The lowest BCUT2D eigenvalue weighted by Crippen LogP contribution is -2.44. The summed E-state index contributed by atoms with van der Waals surface area (Å²) in [5.74, 6) is -0.880. The minimum absolute atomic E-state index is 0.370. The van der Waals surface area contributed by atoms with Gasteiger partial charge in [-0.3, -0.25) is 14.5 Å². The van der Waals surface area contributed by atoms with Crippen LogP contribution in [0.1, 0.15) is 18.9 Å². The SMILES string of the molecule is CCC1(c2ccccc2)NC(=O)N(CC(=O)Nc2cccc(-c3nc4ccccc4s3)c2)C1=O. The van der Waals surface area contributed by atoms with Crippen molar-refractivity contribution in [2.75, 3.05) is 11.9 Å². The van der Waals surface area contributed by atoms with Crippen LogP contribution in [-0.2, 0) is 15.1 Å². The highest BCUT2D eigenvalue weighted by molar-refractivity contribution is 7.21. The van der Waals surface area contributed by atoms with Gasteiger partial charge in [0.1, 0.15) is 17.1 Å². The summed E-state index contributed by atoms with van der Waals surface area (Å²) in [7, 11) is 0. The zero-order valence-electron chi connectivity index (χ0n) is 18.4. The van der Waals surface area contributed by atoms with E-state index in [0.29, 0.717) is 17.7 Å². The topological polar surface area (TPSA) is 91.4 Å². The predicted octanol–water partition coefficient (Wildman–Crippen LogP) is 4.76. The van der Waals surface area contributed by atoms with Gasteiger partial charge in [-0.2, -0.15) is 0 Å². The van der Waals surface area contributed by atoms with E-state index in [2.05, 4.69) is 15.6 Å². The zero-order chi connectivity index (χ0) is 23.7. The molecule has 34 heavy (non-hydrogen) atoms. The molecule has 0 radical (unpaired) electrons. The van der Waals surface area contributed by atoms with E-state index in [0.717, 1.165) is 25.7 Å². The van der Waals surface area contributed by atoms with E-state index in [1.165, 1.54) is 0 Å². The van der Waals surface area contributed by atoms with Gasteiger partial charge < -0.3 is 10.6 Å². The Balaban J connectivity index is 1.32. The molecular weight excluding hydrogens is 448 g/mol. The summed E-state index contributed by atoms with van der Waals surface area (Å²) in [4.78, 5) is 44.3. The first-order valence-corrected chi connectivity index (χ1v) is 11.8. The summed E-state index contributed by atoms with van der Waals surface area (Å²) < 4.78 is 1.09. The fraction of sp³-hybridized carbons (Fsp3) is 0.154. The molecule has 1 aliphatic rings. The van der Waals surface area contributed by atoms with Crippen molar-refractivity contribution < 1.29 is 14.4 Å². The van der Waals surface area contributed by atoms with Crippen LogP contribution in [0.2, 0.25) is 0 Å². The minimum atomic E-state index is -1.16. The third-order valence-corrected chi connectivity index (χ3v) is 7.05. The molecule has 1 fully saturated rings. The number of benzene rings is 3. The van der Waals surface area contributed by atoms with Gasteiger partial charge in [-0.15, -0.1) is 11.3 Å². The second-order valence-corrected chi connectivity index (χ2v) is 9.09. The van der Waals surface area contributed by atoms with Gasteiger partial charge in [0.25, 0.3) is 5.91 Å². The molecule has 5 rings (SSSR count). The second kappa shape index (κ2) is 8.72. The van der Waals surface area contributed by atoms with E-state index < -0.39 is 23.4 Å². The molecule has 0 spiro atoms. The van der Waals surface area contributed by atoms with E-state index >= 15 is 0 Å². The number of para-hydroxylation sites is 1. The Hall–Kier alpha value is -4.04. The lowest BCUT2D eigenvalue weighted by atomic mass is 9.87. The highest BCUT2D eigenvalue weighted by Gasteiger charge is 2.51. The summed E-state index contributed by atoms with van der Waals surface area (Å²) in [5, 5.41) is 6.45. The van der Waals surface area contributed by atoms with Gasteiger partial charge in [-0.05, 0) is 36.2 Å². The standard InChI is InChI=1S/C26H22N4O3S/c1-2-26(18-10-4-3-5-11-18)24(32)30(25(33)29-26)16-22(31)27-19-12-8-9-17(15-19)23-28-20-13-6-7-14-21(20)34-23/h3-15H,2,16H2,1H3,(H,27,31)(H,29,33). The summed E-state index contributed by atoms with van der Waals surface area (Å²) >= 11 is 1.58. The van der Waals surface area contributed by atoms with Crippen LogP contribution in [0.5, 0.6) is 0 Å². The normalized spacial score (nSPS) is 17.7. The maximum atomic E-state index is 13.2. The first-order chi connectivity index (χ1) is 16.5. The van der Waals surface area contributed by atoms with Crippen LogP contribution in [0.3, 0.4) is 0 Å². The summed E-state index contributed by atoms with van der Waals surface area (Å²) in [6.07, 6.45) is 0.379. The van der Waals surface area contributed by atoms with Crippen LogP contribution < -0.4 is 10.6 Å². The van der Waals surface area contributed by atoms with Crippen molar-refractivity contribution in [3.63, 3.8) is 0 Å². The van der Waals surface area contributed by atoms with E-state index in [1.54, 1.807) is 29.5 Å². The van der Waals surface area contributed by atoms with Crippen molar-refractivity contribution in [3.8, 4) is 10.6 Å². The van der Waals surface area contributed by atoms with E-state index in [4.69, 9.17) is 0 Å². The number of amides is 4. The van der Waals surface area contributed by atoms with Crippen LogP contribution in [-0.4, -0.2) is 34.3 Å². The van der Waals surface area contributed by atoms with Crippen LogP contribution in [0.25, 0.3) is 20.8 Å². The molecule has 2 N–H and O–H groups in total. The first kappa shape index (κ1) is 21.8. The Morgan fingerprint density at radius 2 is 1.79 bits per heavy atom. The van der Waals surface area contributed by atoms with Gasteiger partial charge >= 0.3 is 6.03 Å². The number of carbonyl (C=O) groups excluding carboxylic acids is 3. The third-order valence-electron chi connectivity index (χ3n) is 5.96. The summed E-state index contributed by atoms with van der Waals surface area (Å²) in [6, 6.07) is 23.8. The van der Waals surface area contributed by atoms with Crippen LogP contribution >= 0.6 is 11.3 Å². The molecule has 4 aromatic rings. The summed E-state index contributed by atoms with van der Waals surface area (Å²) in [6.45, 7) is 1.47. The average Bonchev–Trinajstić information content (AvgIpc) is 3.40. The molecule has 7 nitrogen and oxygen atoms in total. The Morgan fingerprint density at radius 3 is 2.56 bits per heavy atom. The van der Waals surface area contributed by atoms with Crippen LogP contribution in [0.4, 0.5) is 10.5 Å². The maximum Gasteiger partial charge on any atom is 0.325 e. The van der Waals surface area contributed by atoms with Gasteiger partial charge in [-0.1, -0.05) is 61.5 Å². The molecular formula is C26H22N4O3S. The number of hydrogen-bond donors (Lipinski definition) is 2. The van der Waals surface area contributed by atoms with Crippen LogP contribution in [0, 0.1) is 0 Å². The number of nitrogens with one attached hydrogen (secondary N) is 2. The third kappa shape index (κ3) is 3.82. The molecule has 1 unspecified atom stereocenters. The number of urea groups is 1. The maximum absolute atomic E-state index is 13.2. The van der Waals surface area contributed by atoms with Gasteiger partial charge in [0, 0.05) is 11.3 Å². The van der Waals surface area contributed by atoms with E-state index in [-0.39, 0.29) is 6.54 Å². The Bertz CT molecular complexity index is 1370. The molecule has 1 atom stereocenters. The molecule has 4 amide bonds. The summed E-state index contributed by atoms with van der Waals surface area (Å²) in [5.41, 5.74) is 1.91. The number of hydrogen-bond acceptors (Lipinski definition) is 5. The fourth-order valence-electron chi connectivity index (χ4n) is 4.20. The van der Waals surface area contributed by atoms with E-state index in [9.17, 15) is 14.4 Å². The molecule has 0 aliphatic carbocycles. The van der Waals surface area contributed by atoms with Crippen molar-refractivity contribution in [2.24, 2.45) is 0 Å². The first-order valence-electron chi connectivity index (χ1n) is 11.0. The smallest absolute Gasteiger partial charge is 0.325 e. The number of nitrogens with zero attached hydrogens (tertiary/aromatic N) is 2. The second-order valence-electron chi connectivity index (χ2n) is 8.06. The molecule has 1 aliphatic heterocycles. The molecule has 8 heteroatoms. The average molecular weight is 471 g/mol. The minimum Gasteiger partial charge on any atom is -0.325 e. The number of fused-ring (bicyclic) bond motifs is 1. The lowest BCUT2D eigenvalue weighted by Gasteiger charge is -2.25. The molecule has 170 valence electrons. The van der Waals surface area contributed by atoms with Gasteiger partial charge in [0.2, 0.25) is 5.91 Å². The molecule has 0 bridgehead atoms. The Labute approximate surface area is 200 Å². The van der Waals surface area contributed by atoms with Crippen molar-refractivity contribution in [3.05, 3.63) is 84.4 Å². The molecule has 3 aromatic carbocycles. The number of imide groups is 1. The van der Waals surface area contributed by atoms with Crippen molar-refractivity contribution in [1.82, 2.24) is 15.2 Å². The molecule has 1 aromatic heterocycles. The Kier molecular flexibility index (Phi) is 5.59. The highest BCUT2D eigenvalue weighted by Crippen LogP contribution is 2.33. The number of rotatable bonds is 6. The van der Waals surface area contributed by atoms with Crippen molar-refractivity contribution in [1.29, 1.82) is 0 Å². The van der Waals surface area contributed by atoms with E-state index in [1.807, 2.05) is 67.6 Å². The monoisotopic (exact) mass is 470 g/mol. The van der Waals surface area contributed by atoms with Crippen molar-refractivity contribution in [2.45, 2.75) is 18.9 Å². The van der Waals surface area contributed by atoms with Gasteiger partial charge in [0.15, 0.2) is 0 Å². The number of aromatic nitrogens is 1. The number of carbonyl (C=O) groups is 3. The predicted molar refractivity (Wildman–Crippen MR) is 132 cm³/mol. The lowest BCUT2D eigenvalue weighted by molar-refractivity contribution is -0.134. The largest absolute Gasteiger partial charge is 0.325 e. The van der Waals surface area contributed by atoms with Gasteiger partial charge in [0.05, 0.1) is 10.2 Å². The highest BCUT2D eigenvalue weighted by atomic mass is 32.1. The molecule has 1 saturated heterocycles. The Morgan fingerprint density at radius 1 is 1.03 bits per heavy atom. The fourth-order valence-corrected chi connectivity index (χ4v) is 5.16. The molecule has 2 heterocycles. The van der Waals surface area contributed by atoms with Crippen molar-refractivity contribution >= 4 is 45.1 Å². The van der Waals surface area contributed by atoms with Crippen LogP contribution in [0.15, 0.2) is 78.9 Å². The number of thiazole rings is 1. The number of anilines is 1. The zero-order valence-corrected chi connectivity index (χ0v) is 19.3.